The van der Waals surface area contributed by atoms with E-state index in [2.05, 4.69) is 36.4 Å². The molecule has 0 saturated heterocycles. The Morgan fingerprint density at radius 3 is 2.58 bits per heavy atom. The summed E-state index contributed by atoms with van der Waals surface area (Å²) in [5, 5.41) is 0. The minimum atomic E-state index is -0.236. The van der Waals surface area contributed by atoms with Crippen molar-refractivity contribution in [3.8, 4) is 17.2 Å². The molecule has 1 aromatic heterocycles. The van der Waals surface area contributed by atoms with Crippen molar-refractivity contribution < 1.29 is 14.2 Å². The quantitative estimate of drug-likeness (QED) is 0.366. The van der Waals surface area contributed by atoms with Crippen molar-refractivity contribution in [1.82, 2.24) is 4.57 Å². The predicted molar refractivity (Wildman–Crippen MR) is 150 cm³/mol. The van der Waals surface area contributed by atoms with E-state index in [4.69, 9.17) is 19.2 Å². The molecule has 192 valence electrons. The topological polar surface area (TPSA) is 62.0 Å². The summed E-state index contributed by atoms with van der Waals surface area (Å²) in [6, 6.07) is 21.9. The Kier molecular flexibility index (Phi) is 6.37. The lowest BCUT2D eigenvalue weighted by atomic mass is 9.83. The van der Waals surface area contributed by atoms with E-state index in [1.807, 2.05) is 47.9 Å². The lowest BCUT2D eigenvalue weighted by molar-refractivity contribution is 0.340. The van der Waals surface area contributed by atoms with Crippen molar-refractivity contribution >= 4 is 23.1 Å². The highest BCUT2D eigenvalue weighted by Gasteiger charge is 2.32. The molecule has 1 aliphatic heterocycles. The third kappa shape index (κ3) is 4.03. The Morgan fingerprint density at radius 1 is 1.00 bits per heavy atom. The van der Waals surface area contributed by atoms with Crippen molar-refractivity contribution in [2.24, 2.45) is 4.99 Å². The summed E-state index contributed by atoms with van der Waals surface area (Å²) in [7, 11) is 3.21. The molecule has 6 rings (SSSR count). The molecule has 6 nitrogen and oxygen atoms in total. The molecule has 3 aromatic carbocycles. The fourth-order valence-corrected chi connectivity index (χ4v) is 6.39. The molecule has 2 aliphatic rings. The van der Waals surface area contributed by atoms with Gasteiger partial charge in [-0.1, -0.05) is 59.9 Å². The van der Waals surface area contributed by atoms with Gasteiger partial charge in [-0.2, -0.15) is 0 Å². The van der Waals surface area contributed by atoms with Gasteiger partial charge in [0.2, 0.25) is 0 Å². The summed E-state index contributed by atoms with van der Waals surface area (Å²) in [6.07, 6.45) is 3.64. The molecule has 1 atom stereocenters. The Balaban J connectivity index is 1.58. The van der Waals surface area contributed by atoms with Gasteiger partial charge in [0.25, 0.3) is 5.56 Å². The van der Waals surface area contributed by atoms with Crippen molar-refractivity contribution in [3.05, 3.63) is 114 Å². The molecule has 1 aliphatic carbocycles. The molecule has 7 heteroatoms. The number of allylic oxidation sites excluding steroid dienone is 1. The first kappa shape index (κ1) is 24.2. The first-order valence-corrected chi connectivity index (χ1v) is 13.5. The van der Waals surface area contributed by atoms with Gasteiger partial charge in [-0.25, -0.2) is 4.99 Å². The number of nitrogens with zero attached hydrogens (tertiary/aromatic N) is 2. The molecular weight excluding hydrogens is 496 g/mol. The number of aromatic nitrogens is 1. The highest BCUT2D eigenvalue weighted by molar-refractivity contribution is 7.07. The predicted octanol–water partition coefficient (Wildman–Crippen LogP) is 4.73. The van der Waals surface area contributed by atoms with Gasteiger partial charge in [0.15, 0.2) is 16.3 Å². The highest BCUT2D eigenvalue weighted by Crippen LogP contribution is 2.41. The van der Waals surface area contributed by atoms with Crippen molar-refractivity contribution in [2.75, 3.05) is 20.8 Å². The SMILES string of the molecule is CCOc1ccc(C2C3=C(N=c4sc(=Cc5cccc(OC)c5OC)c(=O)n42)c2ccccc2CC3)cc1. The van der Waals surface area contributed by atoms with Crippen LogP contribution in [-0.4, -0.2) is 25.4 Å². The zero-order chi connectivity index (χ0) is 26.2. The normalized spacial score (nSPS) is 16.3. The van der Waals surface area contributed by atoms with E-state index in [-0.39, 0.29) is 11.6 Å². The average Bonchev–Trinajstić information content (AvgIpc) is 3.26. The summed E-state index contributed by atoms with van der Waals surface area (Å²) in [5.41, 5.74) is 6.36. The van der Waals surface area contributed by atoms with Crippen LogP contribution >= 0.6 is 11.3 Å². The molecular formula is C31H28N2O4S. The van der Waals surface area contributed by atoms with E-state index in [1.165, 1.54) is 22.5 Å². The Bertz CT molecular complexity index is 1730. The fraction of sp³-hybridized carbons (Fsp3) is 0.226. The Morgan fingerprint density at radius 2 is 1.82 bits per heavy atom. The van der Waals surface area contributed by atoms with E-state index < -0.39 is 0 Å². The van der Waals surface area contributed by atoms with E-state index in [0.29, 0.717) is 27.4 Å². The smallest absolute Gasteiger partial charge is 0.271 e. The third-order valence-corrected chi connectivity index (χ3v) is 8.08. The van der Waals surface area contributed by atoms with Gasteiger partial charge in [0.05, 0.1) is 37.1 Å². The second kappa shape index (κ2) is 9.99. The van der Waals surface area contributed by atoms with Crippen LogP contribution in [0.3, 0.4) is 0 Å². The average molecular weight is 525 g/mol. The zero-order valence-electron chi connectivity index (χ0n) is 21.6. The third-order valence-electron chi connectivity index (χ3n) is 7.10. The van der Waals surface area contributed by atoms with Crippen LogP contribution in [0.4, 0.5) is 0 Å². The van der Waals surface area contributed by atoms with Crippen molar-refractivity contribution in [2.45, 2.75) is 25.8 Å². The van der Waals surface area contributed by atoms with Gasteiger partial charge in [0, 0.05) is 11.1 Å². The number of thiazole rings is 1. The standard InChI is InChI=1S/C31H28N2O4S/c1-4-37-22-15-12-20(13-16-22)28-24-17-14-19-8-5-6-10-23(19)27(24)32-31-33(28)30(34)26(38-31)18-21-9-7-11-25(35-2)29(21)36-3/h5-13,15-16,18,28H,4,14,17H2,1-3H3. The number of fused-ring (bicyclic) bond motifs is 3. The number of rotatable bonds is 6. The molecule has 1 unspecified atom stereocenters. The van der Waals surface area contributed by atoms with Crippen LogP contribution < -0.4 is 29.1 Å². The summed E-state index contributed by atoms with van der Waals surface area (Å²) < 4.78 is 19.2. The van der Waals surface area contributed by atoms with Crippen LogP contribution in [0.15, 0.2) is 82.1 Å². The van der Waals surface area contributed by atoms with Crippen LogP contribution in [0.5, 0.6) is 17.2 Å². The first-order valence-electron chi connectivity index (χ1n) is 12.7. The molecule has 0 amide bonds. The number of ether oxygens (including phenoxy) is 3. The van der Waals surface area contributed by atoms with E-state index >= 15 is 0 Å². The molecule has 0 bridgehead atoms. The Hall–Kier alpha value is -4.10. The molecule has 0 spiro atoms. The molecule has 38 heavy (non-hydrogen) atoms. The maximum absolute atomic E-state index is 14.0. The lowest BCUT2D eigenvalue weighted by Crippen LogP contribution is -2.38. The van der Waals surface area contributed by atoms with Gasteiger partial charge in [-0.15, -0.1) is 0 Å². The van der Waals surface area contributed by atoms with Crippen molar-refractivity contribution in [1.29, 1.82) is 0 Å². The van der Waals surface area contributed by atoms with E-state index in [0.717, 1.165) is 41.0 Å². The number of hydrogen-bond donors (Lipinski definition) is 0. The van der Waals surface area contributed by atoms with Crippen LogP contribution in [-0.2, 0) is 6.42 Å². The number of methoxy groups -OCH3 is 2. The molecule has 4 aromatic rings. The molecule has 0 radical (unpaired) electrons. The number of aryl methyl sites for hydroxylation is 1. The maximum atomic E-state index is 14.0. The summed E-state index contributed by atoms with van der Waals surface area (Å²) in [6.45, 7) is 2.58. The molecule has 0 N–H and O–H groups in total. The van der Waals surface area contributed by atoms with Crippen LogP contribution in [0.2, 0.25) is 0 Å². The molecule has 2 heterocycles. The fourth-order valence-electron chi connectivity index (χ4n) is 5.40. The van der Waals surface area contributed by atoms with Gasteiger partial charge in [-0.05, 0) is 60.7 Å². The van der Waals surface area contributed by atoms with Gasteiger partial charge < -0.3 is 14.2 Å². The monoisotopic (exact) mass is 524 g/mol. The van der Waals surface area contributed by atoms with Gasteiger partial charge in [-0.3, -0.25) is 9.36 Å². The second-order valence-corrected chi connectivity index (χ2v) is 10.2. The van der Waals surface area contributed by atoms with Crippen molar-refractivity contribution in [3.63, 3.8) is 0 Å². The first-order chi connectivity index (χ1) is 18.6. The molecule has 0 fully saturated rings. The van der Waals surface area contributed by atoms with E-state index in [1.54, 1.807) is 14.2 Å². The minimum absolute atomic E-state index is 0.0667. The number of para-hydroxylation sites is 1. The lowest BCUT2D eigenvalue weighted by Gasteiger charge is -2.30. The van der Waals surface area contributed by atoms with Crippen LogP contribution in [0.25, 0.3) is 11.8 Å². The summed E-state index contributed by atoms with van der Waals surface area (Å²) in [5.74, 6) is 2.03. The molecule has 0 saturated carbocycles. The Labute approximate surface area is 224 Å². The largest absolute Gasteiger partial charge is 0.494 e. The van der Waals surface area contributed by atoms with E-state index in [9.17, 15) is 4.79 Å². The second-order valence-electron chi connectivity index (χ2n) is 9.20. The minimum Gasteiger partial charge on any atom is -0.494 e. The summed E-state index contributed by atoms with van der Waals surface area (Å²) >= 11 is 1.40. The maximum Gasteiger partial charge on any atom is 0.271 e. The zero-order valence-corrected chi connectivity index (χ0v) is 22.4. The number of hydrogen-bond acceptors (Lipinski definition) is 6. The van der Waals surface area contributed by atoms with Gasteiger partial charge in [0.1, 0.15) is 5.75 Å². The highest BCUT2D eigenvalue weighted by atomic mass is 32.1. The van der Waals surface area contributed by atoms with Gasteiger partial charge >= 0.3 is 0 Å². The van der Waals surface area contributed by atoms with Crippen LogP contribution in [0, 0.1) is 0 Å². The van der Waals surface area contributed by atoms with Crippen LogP contribution in [0.1, 0.15) is 41.6 Å². The summed E-state index contributed by atoms with van der Waals surface area (Å²) in [4.78, 5) is 19.8. The number of benzene rings is 3.